The minimum absolute atomic E-state index is 0.0290. The predicted molar refractivity (Wildman–Crippen MR) is 112 cm³/mol. The number of benzene rings is 1. The van der Waals surface area contributed by atoms with Gasteiger partial charge in [-0.25, -0.2) is 0 Å². The molecule has 1 amide bonds. The summed E-state index contributed by atoms with van der Waals surface area (Å²) in [7, 11) is 0. The summed E-state index contributed by atoms with van der Waals surface area (Å²) in [6.45, 7) is 5.89. The number of carbonyl (C=O) groups is 1. The quantitative estimate of drug-likeness (QED) is 0.798. The number of amides is 1. The molecule has 1 heterocycles. The van der Waals surface area contributed by atoms with Gasteiger partial charge in [-0.1, -0.05) is 62.4 Å². The third kappa shape index (κ3) is 6.32. The Morgan fingerprint density at radius 3 is 2.37 bits per heavy atom. The highest BCUT2D eigenvalue weighted by atomic mass is 16.2. The van der Waals surface area contributed by atoms with E-state index < -0.39 is 0 Å². The first-order chi connectivity index (χ1) is 13.1. The van der Waals surface area contributed by atoms with Crippen molar-refractivity contribution < 1.29 is 4.79 Å². The smallest absolute Gasteiger partial charge is 0.237 e. The van der Waals surface area contributed by atoms with Crippen LogP contribution in [0.25, 0.3) is 0 Å². The predicted octanol–water partition coefficient (Wildman–Crippen LogP) is 3.86. The second kappa shape index (κ2) is 10.2. The van der Waals surface area contributed by atoms with Crippen LogP contribution in [0.1, 0.15) is 70.8 Å². The van der Waals surface area contributed by atoms with E-state index in [1.54, 1.807) is 0 Å². The van der Waals surface area contributed by atoms with E-state index in [4.69, 9.17) is 0 Å². The first-order valence-corrected chi connectivity index (χ1v) is 11.0. The maximum Gasteiger partial charge on any atom is 0.237 e. The van der Waals surface area contributed by atoms with E-state index in [-0.39, 0.29) is 18.0 Å². The zero-order valence-corrected chi connectivity index (χ0v) is 17.1. The molecule has 1 aromatic rings. The van der Waals surface area contributed by atoms with E-state index in [1.165, 1.54) is 50.5 Å². The van der Waals surface area contributed by atoms with Crippen molar-refractivity contribution in [3.05, 3.63) is 35.9 Å². The Kier molecular flexibility index (Phi) is 7.71. The Morgan fingerprint density at radius 1 is 1.04 bits per heavy atom. The number of rotatable bonds is 6. The Hall–Kier alpha value is -1.39. The first-order valence-electron chi connectivity index (χ1n) is 11.0. The number of carbonyl (C=O) groups excluding carboxylic acids is 1. The van der Waals surface area contributed by atoms with Crippen LogP contribution in [0.3, 0.4) is 0 Å². The fourth-order valence-corrected chi connectivity index (χ4v) is 4.63. The summed E-state index contributed by atoms with van der Waals surface area (Å²) in [5.74, 6) is 0.183. The number of nitrogens with zero attached hydrogens (tertiary/aromatic N) is 1. The first kappa shape index (κ1) is 20.3. The highest BCUT2D eigenvalue weighted by Gasteiger charge is 2.37. The molecular weight excluding hydrogens is 334 g/mol. The molecule has 1 aliphatic heterocycles. The third-order valence-electron chi connectivity index (χ3n) is 5.94. The molecule has 2 N–H and O–H groups in total. The van der Waals surface area contributed by atoms with E-state index in [2.05, 4.69) is 45.9 Å². The molecule has 2 fully saturated rings. The highest BCUT2D eigenvalue weighted by Crippen LogP contribution is 2.24. The average molecular weight is 372 g/mol. The molecule has 4 heteroatoms. The van der Waals surface area contributed by atoms with Gasteiger partial charge in [0.1, 0.15) is 0 Å². The van der Waals surface area contributed by atoms with Gasteiger partial charge in [0.15, 0.2) is 0 Å². The van der Waals surface area contributed by atoms with E-state index in [9.17, 15) is 4.79 Å². The van der Waals surface area contributed by atoms with E-state index in [0.717, 1.165) is 19.5 Å². The highest BCUT2D eigenvalue weighted by molar-refractivity contribution is 5.82. The lowest BCUT2D eigenvalue weighted by molar-refractivity contribution is -0.126. The lowest BCUT2D eigenvalue weighted by Crippen LogP contribution is -2.45. The second-order valence-electron chi connectivity index (χ2n) is 8.74. The van der Waals surface area contributed by atoms with Crippen molar-refractivity contribution in [3.63, 3.8) is 0 Å². The van der Waals surface area contributed by atoms with Crippen molar-refractivity contribution in [3.8, 4) is 0 Å². The number of hydrogen-bond acceptors (Lipinski definition) is 3. The van der Waals surface area contributed by atoms with Crippen molar-refractivity contribution in [2.45, 2.75) is 95.9 Å². The monoisotopic (exact) mass is 371 g/mol. The standard InChI is InChI=1S/C23H37N3O/c1-18(2)24-23(27)22-15-21(25-20-13-9-4-3-5-10-14-20)17-26(22)16-19-11-7-6-8-12-19/h6-8,11-12,18,20-22,25H,3-5,9-10,13-17H2,1-2H3,(H,24,27)/t21-,22+/m1/s1. The molecule has 2 aliphatic rings. The van der Waals surface area contributed by atoms with Crippen molar-refractivity contribution in [2.75, 3.05) is 6.54 Å². The average Bonchev–Trinajstić information content (AvgIpc) is 3.00. The van der Waals surface area contributed by atoms with Gasteiger partial charge in [0.25, 0.3) is 0 Å². The largest absolute Gasteiger partial charge is 0.353 e. The van der Waals surface area contributed by atoms with Crippen LogP contribution < -0.4 is 10.6 Å². The van der Waals surface area contributed by atoms with Crippen molar-refractivity contribution in [2.24, 2.45) is 0 Å². The van der Waals surface area contributed by atoms with Crippen LogP contribution in [0.2, 0.25) is 0 Å². The van der Waals surface area contributed by atoms with Crippen molar-refractivity contribution in [1.82, 2.24) is 15.5 Å². The SMILES string of the molecule is CC(C)NC(=O)[C@@H]1C[C@@H](NC2CCCCCCC2)CN1Cc1ccccc1. The normalized spacial score (nSPS) is 25.3. The molecule has 4 nitrogen and oxygen atoms in total. The maximum absolute atomic E-state index is 12.8. The Labute approximate surface area is 165 Å². The Bertz CT molecular complexity index is 566. The minimum atomic E-state index is -0.0290. The molecule has 3 rings (SSSR count). The van der Waals surface area contributed by atoms with Crippen LogP contribution in [0.15, 0.2) is 30.3 Å². The minimum Gasteiger partial charge on any atom is -0.353 e. The fourth-order valence-electron chi connectivity index (χ4n) is 4.63. The van der Waals surface area contributed by atoms with Gasteiger partial charge in [0.2, 0.25) is 5.91 Å². The van der Waals surface area contributed by atoms with Crippen LogP contribution >= 0.6 is 0 Å². The zero-order chi connectivity index (χ0) is 19.1. The van der Waals surface area contributed by atoms with E-state index >= 15 is 0 Å². The summed E-state index contributed by atoms with van der Waals surface area (Å²) < 4.78 is 0. The van der Waals surface area contributed by atoms with Crippen LogP contribution in [0, 0.1) is 0 Å². The second-order valence-corrected chi connectivity index (χ2v) is 8.74. The van der Waals surface area contributed by atoms with E-state index in [0.29, 0.717) is 12.1 Å². The molecule has 0 unspecified atom stereocenters. The van der Waals surface area contributed by atoms with Crippen molar-refractivity contribution in [1.29, 1.82) is 0 Å². The van der Waals surface area contributed by atoms with Gasteiger partial charge in [-0.3, -0.25) is 9.69 Å². The van der Waals surface area contributed by atoms with Gasteiger partial charge < -0.3 is 10.6 Å². The molecule has 0 spiro atoms. The van der Waals surface area contributed by atoms with Gasteiger partial charge >= 0.3 is 0 Å². The summed E-state index contributed by atoms with van der Waals surface area (Å²) in [6.07, 6.45) is 10.3. The molecular formula is C23H37N3O. The van der Waals surface area contributed by atoms with Gasteiger partial charge in [-0.2, -0.15) is 0 Å². The zero-order valence-electron chi connectivity index (χ0n) is 17.1. The molecule has 1 saturated heterocycles. The molecule has 2 atom stereocenters. The van der Waals surface area contributed by atoms with Gasteiger partial charge in [-0.15, -0.1) is 0 Å². The van der Waals surface area contributed by atoms with Crippen LogP contribution in [-0.4, -0.2) is 41.5 Å². The number of hydrogen-bond donors (Lipinski definition) is 2. The molecule has 0 aromatic heterocycles. The Balaban J connectivity index is 1.63. The molecule has 1 aromatic carbocycles. The van der Waals surface area contributed by atoms with Gasteiger partial charge in [0, 0.05) is 31.2 Å². The summed E-state index contributed by atoms with van der Waals surface area (Å²) in [5, 5.41) is 7.05. The number of nitrogens with one attached hydrogen (secondary N) is 2. The molecule has 0 radical (unpaired) electrons. The lowest BCUT2D eigenvalue weighted by Gasteiger charge is -2.25. The molecule has 1 saturated carbocycles. The van der Waals surface area contributed by atoms with E-state index in [1.807, 2.05) is 13.8 Å². The molecule has 150 valence electrons. The van der Waals surface area contributed by atoms with Crippen molar-refractivity contribution >= 4 is 5.91 Å². The third-order valence-corrected chi connectivity index (χ3v) is 5.94. The molecule has 1 aliphatic carbocycles. The summed E-state index contributed by atoms with van der Waals surface area (Å²) in [4.78, 5) is 15.2. The number of likely N-dealkylation sites (tertiary alicyclic amines) is 1. The maximum atomic E-state index is 12.8. The van der Waals surface area contributed by atoms with Gasteiger partial charge in [0.05, 0.1) is 6.04 Å². The summed E-state index contributed by atoms with van der Waals surface area (Å²) >= 11 is 0. The fraction of sp³-hybridized carbons (Fsp3) is 0.696. The van der Waals surface area contributed by atoms with Crippen LogP contribution in [0.4, 0.5) is 0 Å². The van der Waals surface area contributed by atoms with Crippen LogP contribution in [-0.2, 0) is 11.3 Å². The van der Waals surface area contributed by atoms with Crippen LogP contribution in [0.5, 0.6) is 0 Å². The summed E-state index contributed by atoms with van der Waals surface area (Å²) in [6, 6.07) is 11.7. The topological polar surface area (TPSA) is 44.4 Å². The molecule has 27 heavy (non-hydrogen) atoms. The summed E-state index contributed by atoms with van der Waals surface area (Å²) in [5.41, 5.74) is 1.28. The Morgan fingerprint density at radius 2 is 1.70 bits per heavy atom. The molecule has 0 bridgehead atoms. The lowest BCUT2D eigenvalue weighted by atomic mass is 9.96. The van der Waals surface area contributed by atoms with Gasteiger partial charge in [-0.05, 0) is 38.7 Å².